The SMILES string of the molecule is Cc1ccc(OP2(OCC(C)C)=N[P+](OCC(C)C)(Oc3ccc(C)cc3)N[P+](OCC(C)C)(Oc3ccc(C)cc3)N2)cc1. The summed E-state index contributed by atoms with van der Waals surface area (Å²) in [7, 11) is -10.2. The summed E-state index contributed by atoms with van der Waals surface area (Å²) in [6, 6.07) is 23.5. The number of hydrogen-bond donors (Lipinski definition) is 2. The Bertz CT molecular complexity index is 1420. The van der Waals surface area contributed by atoms with Gasteiger partial charge in [0, 0.05) is 4.52 Å². The summed E-state index contributed by atoms with van der Waals surface area (Å²) in [4.78, 5) is 7.16. The quantitative estimate of drug-likeness (QED) is 0.154. The molecule has 0 bridgehead atoms. The van der Waals surface area contributed by atoms with Crippen molar-refractivity contribution in [1.29, 1.82) is 0 Å². The van der Waals surface area contributed by atoms with E-state index in [0.717, 1.165) is 16.7 Å². The first-order chi connectivity index (χ1) is 21.3. The van der Waals surface area contributed by atoms with Crippen LogP contribution in [0, 0.1) is 38.5 Å². The van der Waals surface area contributed by atoms with E-state index < -0.39 is 23.7 Å². The number of nitrogens with zero attached hydrogens (tertiary/aromatic N) is 1. The Kier molecular flexibility index (Phi) is 12.5. The van der Waals surface area contributed by atoms with E-state index in [4.69, 9.17) is 31.7 Å². The predicted octanol–water partition coefficient (Wildman–Crippen LogP) is 10.7. The molecule has 0 saturated heterocycles. The predicted molar refractivity (Wildman–Crippen MR) is 187 cm³/mol. The lowest BCUT2D eigenvalue weighted by Crippen LogP contribution is -2.39. The van der Waals surface area contributed by atoms with Gasteiger partial charge in [-0.2, -0.15) is 9.05 Å². The average Bonchev–Trinajstić information content (AvgIpc) is 2.98. The highest BCUT2D eigenvalue weighted by atomic mass is 31.3. The normalized spacial score (nSPS) is 23.3. The van der Waals surface area contributed by atoms with Crippen LogP contribution >= 0.6 is 23.7 Å². The molecule has 45 heavy (non-hydrogen) atoms. The van der Waals surface area contributed by atoms with Crippen LogP contribution in [-0.2, 0) is 13.6 Å². The van der Waals surface area contributed by atoms with Gasteiger partial charge < -0.3 is 4.52 Å². The minimum atomic E-state index is -3.43. The molecule has 3 aromatic rings. The zero-order valence-corrected chi connectivity index (χ0v) is 30.7. The van der Waals surface area contributed by atoms with Crippen LogP contribution in [0.5, 0.6) is 17.2 Å². The molecule has 1 aliphatic rings. The van der Waals surface area contributed by atoms with Gasteiger partial charge in [-0.1, -0.05) is 94.6 Å². The van der Waals surface area contributed by atoms with E-state index in [1.54, 1.807) is 0 Å². The third-order valence-corrected chi connectivity index (χ3v) is 15.2. The monoisotopic (exact) mass is 677 g/mol. The Hall–Kier alpha value is -2.05. The molecule has 1 heterocycles. The van der Waals surface area contributed by atoms with Gasteiger partial charge >= 0.3 is 23.7 Å². The van der Waals surface area contributed by atoms with Crippen molar-refractivity contribution in [3.8, 4) is 17.2 Å². The van der Waals surface area contributed by atoms with Gasteiger partial charge in [0.2, 0.25) is 0 Å². The van der Waals surface area contributed by atoms with Crippen LogP contribution in [0.4, 0.5) is 0 Å². The highest BCUT2D eigenvalue weighted by molar-refractivity contribution is 7.88. The van der Waals surface area contributed by atoms with Crippen LogP contribution in [-0.4, -0.2) is 19.8 Å². The second-order valence-electron chi connectivity index (χ2n) is 12.7. The lowest BCUT2D eigenvalue weighted by atomic mass is 10.2. The molecule has 9 nitrogen and oxygen atoms in total. The fraction of sp³-hybridized carbons (Fsp3) is 0.455. The van der Waals surface area contributed by atoms with Crippen molar-refractivity contribution in [1.82, 2.24) is 9.72 Å². The minimum Gasteiger partial charge on any atom is -0.423 e. The molecule has 0 spiro atoms. The van der Waals surface area contributed by atoms with Gasteiger partial charge in [-0.15, -0.1) is 0 Å². The Morgan fingerprint density at radius 3 is 1.53 bits per heavy atom. The Morgan fingerprint density at radius 1 is 0.600 bits per heavy atom. The van der Waals surface area contributed by atoms with E-state index in [2.05, 4.69) is 51.3 Å². The van der Waals surface area contributed by atoms with Crippen LogP contribution in [0.15, 0.2) is 77.3 Å². The van der Waals surface area contributed by atoms with Gasteiger partial charge in [0.15, 0.2) is 11.5 Å². The third-order valence-electron chi connectivity index (χ3n) is 6.26. The lowest BCUT2D eigenvalue weighted by molar-refractivity contribution is 0.224. The topological polar surface area (TPSA) is 91.8 Å². The molecule has 1 aliphatic heterocycles. The number of rotatable bonds is 15. The molecule has 2 N–H and O–H groups in total. The summed E-state index contributed by atoms with van der Waals surface area (Å²) >= 11 is 0. The van der Waals surface area contributed by atoms with Crippen molar-refractivity contribution in [2.45, 2.75) is 62.3 Å². The summed E-state index contributed by atoms with van der Waals surface area (Å²) in [6.07, 6.45) is 0. The van der Waals surface area contributed by atoms with Gasteiger partial charge in [0.05, 0.1) is 11.5 Å². The summed E-state index contributed by atoms with van der Waals surface area (Å²) in [5.74, 6) is 2.42. The molecule has 0 radical (unpaired) electrons. The van der Waals surface area contributed by atoms with Gasteiger partial charge in [-0.05, 0) is 79.8 Å². The molecule has 12 heteroatoms. The van der Waals surface area contributed by atoms with Crippen molar-refractivity contribution >= 4 is 23.7 Å². The smallest absolute Gasteiger partial charge is 0.423 e. The molecule has 4 rings (SSSR count). The summed E-state index contributed by atoms with van der Waals surface area (Å²) in [5.41, 5.74) is 3.34. The van der Waals surface area contributed by atoms with Crippen molar-refractivity contribution in [3.05, 3.63) is 89.5 Å². The third kappa shape index (κ3) is 10.7. The fourth-order valence-corrected chi connectivity index (χ4v) is 14.6. The highest BCUT2D eigenvalue weighted by Gasteiger charge is 2.72. The first-order valence-corrected chi connectivity index (χ1v) is 20.3. The maximum absolute atomic E-state index is 6.83. The highest BCUT2D eigenvalue weighted by Crippen LogP contribution is 2.81. The maximum atomic E-state index is 6.83. The molecular formula is C33H50N3O6P3+2. The van der Waals surface area contributed by atoms with Gasteiger partial charge in [0.25, 0.3) is 0 Å². The Morgan fingerprint density at radius 2 is 1.04 bits per heavy atom. The van der Waals surface area contributed by atoms with E-state index in [1.807, 2.05) is 93.6 Å². The van der Waals surface area contributed by atoms with Crippen molar-refractivity contribution in [2.24, 2.45) is 22.3 Å². The molecule has 0 saturated carbocycles. The lowest BCUT2D eigenvalue weighted by Gasteiger charge is -2.35. The fourth-order valence-electron chi connectivity index (χ4n) is 3.90. The Labute approximate surface area is 271 Å². The molecule has 246 valence electrons. The van der Waals surface area contributed by atoms with Crippen molar-refractivity contribution in [2.75, 3.05) is 19.8 Å². The van der Waals surface area contributed by atoms with Crippen molar-refractivity contribution < 1.29 is 27.1 Å². The number of aryl methyl sites for hydroxylation is 3. The summed E-state index contributed by atoms with van der Waals surface area (Å²) in [6.45, 7) is 19.8. The molecule has 0 aliphatic carbocycles. The van der Waals surface area contributed by atoms with E-state index in [-0.39, 0.29) is 17.8 Å². The maximum Gasteiger partial charge on any atom is 0.571 e. The van der Waals surface area contributed by atoms with Crippen LogP contribution in [0.25, 0.3) is 0 Å². The van der Waals surface area contributed by atoms with Crippen LogP contribution in [0.1, 0.15) is 58.2 Å². The molecule has 3 unspecified atom stereocenters. The van der Waals surface area contributed by atoms with E-state index >= 15 is 0 Å². The summed E-state index contributed by atoms with van der Waals surface area (Å²) < 4.78 is 45.9. The second-order valence-corrected chi connectivity index (χ2v) is 19.5. The zero-order valence-electron chi connectivity index (χ0n) is 28.0. The van der Waals surface area contributed by atoms with Gasteiger partial charge in [-0.25, -0.2) is 0 Å². The molecule has 0 aromatic heterocycles. The van der Waals surface area contributed by atoms with E-state index in [9.17, 15) is 0 Å². The molecular weight excluding hydrogens is 627 g/mol. The van der Waals surface area contributed by atoms with Crippen molar-refractivity contribution in [3.63, 3.8) is 0 Å². The molecule has 3 aromatic carbocycles. The number of nitrogens with one attached hydrogen (secondary N) is 2. The number of benzene rings is 3. The summed E-state index contributed by atoms with van der Waals surface area (Å²) in [5, 5.41) is 0. The average molecular weight is 678 g/mol. The Balaban J connectivity index is 1.95. The minimum absolute atomic E-state index is 0.194. The molecule has 3 atom stereocenters. The van der Waals surface area contributed by atoms with E-state index in [0.29, 0.717) is 37.1 Å². The standard InChI is InChI=1S/C33H50N3O6P3/c1-25(2)22-37-43(40-31-16-10-28(7)11-17-31)34-44(38-23-26(3)4,41-32-18-12-29(8)13-19-32)36-45(35-43,39-24-27(5)6)42-33-20-14-30(9)15-21-33/h10-21,25-27,34-35H,22-24H2,1-9H3/q+2. The molecule has 0 amide bonds. The zero-order chi connectivity index (χ0) is 32.7. The van der Waals surface area contributed by atoms with E-state index in [1.165, 1.54) is 0 Å². The van der Waals surface area contributed by atoms with Crippen LogP contribution < -0.4 is 23.3 Å². The van der Waals surface area contributed by atoms with Crippen LogP contribution in [0.2, 0.25) is 0 Å². The van der Waals surface area contributed by atoms with Gasteiger partial charge in [0.1, 0.15) is 19.0 Å². The first kappa shape index (κ1) is 35.8. The first-order valence-electron chi connectivity index (χ1n) is 15.5. The number of hydrogen-bond acceptors (Lipinski definition) is 9. The van der Waals surface area contributed by atoms with Gasteiger partial charge in [-0.3, -0.25) is 13.6 Å². The largest absolute Gasteiger partial charge is 0.571 e. The second kappa shape index (κ2) is 15.7. The van der Waals surface area contributed by atoms with Crippen LogP contribution in [0.3, 0.4) is 0 Å². The molecule has 0 fully saturated rings.